The van der Waals surface area contributed by atoms with E-state index in [1.165, 1.54) is 9.21 Å². The van der Waals surface area contributed by atoms with Crippen molar-refractivity contribution in [1.29, 1.82) is 0 Å². The number of imide groups is 1. The fourth-order valence-corrected chi connectivity index (χ4v) is 5.20. The fraction of sp³-hybridized carbons (Fsp3) is 0.381. The molecule has 2 aromatic rings. The maximum atomic E-state index is 12.8. The van der Waals surface area contributed by atoms with E-state index >= 15 is 0 Å². The van der Waals surface area contributed by atoms with Crippen LogP contribution in [-0.2, 0) is 21.4 Å². The topological polar surface area (TPSA) is 94.1 Å². The Hall–Kier alpha value is -2.98. The quantitative estimate of drug-likeness (QED) is 0.593. The average Bonchev–Trinajstić information content (AvgIpc) is 3.06. The molecule has 31 heavy (non-hydrogen) atoms. The Morgan fingerprint density at radius 2 is 1.61 bits per heavy atom. The monoisotopic (exact) mass is 443 g/mol. The summed E-state index contributed by atoms with van der Waals surface area (Å²) in [6.45, 7) is 1.94. The Bertz CT molecular complexity index is 1020. The molecule has 4 rings (SSSR count). The molecule has 1 aromatic heterocycles. The molecular formula is C21H25N5O4S. The van der Waals surface area contributed by atoms with Gasteiger partial charge in [0.1, 0.15) is 12.4 Å². The highest BCUT2D eigenvalue weighted by Gasteiger charge is 2.37. The third kappa shape index (κ3) is 4.86. The SMILES string of the molecule is O=C1CN(Cc2ccccc2)C(=O)N1CCS(=O)(=O)N1CCN(c2ccccn2)CC1. The van der Waals surface area contributed by atoms with Crippen LogP contribution in [0.4, 0.5) is 10.6 Å². The van der Waals surface area contributed by atoms with E-state index in [0.29, 0.717) is 32.7 Å². The van der Waals surface area contributed by atoms with E-state index in [-0.39, 0.29) is 24.7 Å². The van der Waals surface area contributed by atoms with E-state index < -0.39 is 16.1 Å². The normalized spacial score (nSPS) is 18.1. The zero-order valence-electron chi connectivity index (χ0n) is 17.1. The summed E-state index contributed by atoms with van der Waals surface area (Å²) in [6.07, 6.45) is 1.71. The molecular weight excluding hydrogens is 418 g/mol. The summed E-state index contributed by atoms with van der Waals surface area (Å²) in [6, 6.07) is 14.6. The molecule has 164 valence electrons. The Balaban J connectivity index is 1.31. The van der Waals surface area contributed by atoms with Gasteiger partial charge in [-0.15, -0.1) is 0 Å². The van der Waals surface area contributed by atoms with Crippen molar-refractivity contribution in [3.63, 3.8) is 0 Å². The molecule has 0 atom stereocenters. The van der Waals surface area contributed by atoms with Crippen LogP contribution in [0.2, 0.25) is 0 Å². The summed E-state index contributed by atoms with van der Waals surface area (Å²) in [5.74, 6) is 0.190. The molecule has 2 fully saturated rings. The van der Waals surface area contributed by atoms with Gasteiger partial charge in [0.15, 0.2) is 0 Å². The molecule has 1 aromatic carbocycles. The summed E-state index contributed by atoms with van der Waals surface area (Å²) < 4.78 is 27.0. The van der Waals surface area contributed by atoms with Crippen molar-refractivity contribution < 1.29 is 18.0 Å². The number of pyridine rings is 1. The van der Waals surface area contributed by atoms with E-state index in [1.54, 1.807) is 6.20 Å². The predicted octanol–water partition coefficient (Wildman–Crippen LogP) is 0.998. The van der Waals surface area contributed by atoms with Gasteiger partial charge in [-0.25, -0.2) is 18.2 Å². The molecule has 2 aliphatic rings. The molecule has 0 saturated carbocycles. The van der Waals surface area contributed by atoms with Gasteiger partial charge in [0.05, 0.1) is 5.75 Å². The van der Waals surface area contributed by atoms with Crippen molar-refractivity contribution >= 4 is 27.8 Å². The van der Waals surface area contributed by atoms with Crippen molar-refractivity contribution in [2.24, 2.45) is 0 Å². The standard InChI is InChI=1S/C21H25N5O4S/c27-20-17-24(16-18-6-2-1-3-7-18)21(28)26(20)14-15-31(29,30)25-12-10-23(11-13-25)19-8-4-5-9-22-19/h1-9H,10-17H2. The molecule has 0 bridgehead atoms. The molecule has 10 heteroatoms. The highest BCUT2D eigenvalue weighted by atomic mass is 32.2. The second-order valence-corrected chi connectivity index (χ2v) is 9.65. The summed E-state index contributed by atoms with van der Waals surface area (Å²) >= 11 is 0. The van der Waals surface area contributed by atoms with Crippen LogP contribution in [0.1, 0.15) is 5.56 Å². The highest BCUT2D eigenvalue weighted by molar-refractivity contribution is 7.89. The molecule has 3 amide bonds. The lowest BCUT2D eigenvalue weighted by molar-refractivity contribution is -0.125. The smallest absolute Gasteiger partial charge is 0.327 e. The molecule has 0 N–H and O–H groups in total. The minimum atomic E-state index is -3.58. The van der Waals surface area contributed by atoms with Crippen molar-refractivity contribution in [2.45, 2.75) is 6.54 Å². The minimum Gasteiger partial charge on any atom is -0.354 e. The molecule has 3 heterocycles. The zero-order chi connectivity index (χ0) is 21.8. The van der Waals surface area contributed by atoms with Crippen LogP contribution in [0.25, 0.3) is 0 Å². The molecule has 2 aliphatic heterocycles. The van der Waals surface area contributed by atoms with E-state index in [4.69, 9.17) is 0 Å². The zero-order valence-corrected chi connectivity index (χ0v) is 17.9. The van der Waals surface area contributed by atoms with Crippen LogP contribution in [0.5, 0.6) is 0 Å². The maximum Gasteiger partial charge on any atom is 0.327 e. The largest absolute Gasteiger partial charge is 0.354 e. The predicted molar refractivity (Wildman–Crippen MR) is 116 cm³/mol. The van der Waals surface area contributed by atoms with Crippen molar-refractivity contribution in [1.82, 2.24) is 19.1 Å². The number of urea groups is 1. The first-order chi connectivity index (χ1) is 14.9. The molecule has 0 aliphatic carbocycles. The number of carbonyl (C=O) groups excluding carboxylic acids is 2. The van der Waals surface area contributed by atoms with Crippen LogP contribution in [0.15, 0.2) is 54.7 Å². The van der Waals surface area contributed by atoms with E-state index in [1.807, 2.05) is 53.4 Å². The van der Waals surface area contributed by atoms with Gasteiger partial charge < -0.3 is 9.80 Å². The fourth-order valence-electron chi connectivity index (χ4n) is 3.81. The number of carbonyl (C=O) groups is 2. The molecule has 2 saturated heterocycles. The molecule has 0 radical (unpaired) electrons. The number of amides is 3. The number of piperazine rings is 1. The number of sulfonamides is 1. The molecule has 0 unspecified atom stereocenters. The van der Waals surface area contributed by atoms with E-state index in [2.05, 4.69) is 4.98 Å². The van der Waals surface area contributed by atoms with Crippen LogP contribution >= 0.6 is 0 Å². The second kappa shape index (κ2) is 9.03. The number of hydrogen-bond donors (Lipinski definition) is 0. The highest BCUT2D eigenvalue weighted by Crippen LogP contribution is 2.17. The van der Waals surface area contributed by atoms with Gasteiger partial charge in [-0.1, -0.05) is 36.4 Å². The number of hydrogen-bond acceptors (Lipinski definition) is 6. The van der Waals surface area contributed by atoms with Crippen molar-refractivity contribution in [3.05, 3.63) is 60.3 Å². The summed E-state index contributed by atoms with van der Waals surface area (Å²) in [7, 11) is -3.58. The van der Waals surface area contributed by atoms with Gasteiger partial charge in [0.2, 0.25) is 15.9 Å². The van der Waals surface area contributed by atoms with Crippen LogP contribution in [0.3, 0.4) is 0 Å². The van der Waals surface area contributed by atoms with Gasteiger partial charge >= 0.3 is 6.03 Å². The average molecular weight is 444 g/mol. The van der Waals surface area contributed by atoms with Crippen LogP contribution in [-0.4, -0.2) is 84.5 Å². The Morgan fingerprint density at radius 1 is 0.903 bits per heavy atom. The van der Waals surface area contributed by atoms with E-state index in [9.17, 15) is 18.0 Å². The van der Waals surface area contributed by atoms with E-state index in [0.717, 1.165) is 16.3 Å². The maximum absolute atomic E-state index is 12.8. The Morgan fingerprint density at radius 3 is 2.29 bits per heavy atom. The molecule has 9 nitrogen and oxygen atoms in total. The summed E-state index contributed by atoms with van der Waals surface area (Å²) in [5.41, 5.74) is 0.920. The minimum absolute atomic E-state index is 0.0312. The van der Waals surface area contributed by atoms with Crippen LogP contribution < -0.4 is 4.90 Å². The van der Waals surface area contributed by atoms with Crippen molar-refractivity contribution in [2.75, 3.05) is 49.9 Å². The Kier molecular flexibility index (Phi) is 6.19. The Labute approximate surface area is 181 Å². The lowest BCUT2D eigenvalue weighted by Crippen LogP contribution is -2.50. The third-order valence-electron chi connectivity index (χ3n) is 5.52. The number of anilines is 1. The van der Waals surface area contributed by atoms with Gasteiger partial charge in [0, 0.05) is 45.5 Å². The van der Waals surface area contributed by atoms with Crippen LogP contribution in [0, 0.1) is 0 Å². The van der Waals surface area contributed by atoms with Gasteiger partial charge in [0.25, 0.3) is 0 Å². The summed E-state index contributed by atoms with van der Waals surface area (Å²) in [4.78, 5) is 33.8. The number of aromatic nitrogens is 1. The van der Waals surface area contributed by atoms with Crippen molar-refractivity contribution in [3.8, 4) is 0 Å². The van der Waals surface area contributed by atoms with Gasteiger partial charge in [-0.3, -0.25) is 9.69 Å². The second-order valence-electron chi connectivity index (χ2n) is 7.56. The third-order valence-corrected chi connectivity index (χ3v) is 7.37. The first-order valence-electron chi connectivity index (χ1n) is 10.2. The first kappa shape index (κ1) is 21.3. The summed E-state index contributed by atoms with van der Waals surface area (Å²) in [5, 5.41) is 0. The molecule has 0 spiro atoms. The lowest BCUT2D eigenvalue weighted by Gasteiger charge is -2.34. The number of nitrogens with zero attached hydrogens (tertiary/aromatic N) is 5. The van der Waals surface area contributed by atoms with Gasteiger partial charge in [-0.2, -0.15) is 4.31 Å². The first-order valence-corrected chi connectivity index (χ1v) is 11.8. The number of benzene rings is 1. The van der Waals surface area contributed by atoms with Gasteiger partial charge in [-0.05, 0) is 17.7 Å². The lowest BCUT2D eigenvalue weighted by atomic mass is 10.2. The number of rotatable bonds is 7.